The van der Waals surface area contributed by atoms with Gasteiger partial charge in [0, 0.05) is 36.7 Å². The Hall–Kier alpha value is -0.420. The lowest BCUT2D eigenvalue weighted by molar-refractivity contribution is 0.163. The van der Waals surface area contributed by atoms with Crippen molar-refractivity contribution in [3.63, 3.8) is 0 Å². The molecule has 0 saturated carbocycles. The topological polar surface area (TPSA) is 32.5 Å². The second kappa shape index (κ2) is 8.89. The molecule has 2 N–H and O–H groups in total. The fourth-order valence-corrected chi connectivity index (χ4v) is 2.88. The molecule has 0 radical (unpaired) electrons. The first-order valence-corrected chi connectivity index (χ1v) is 8.49. The van der Waals surface area contributed by atoms with E-state index in [0.717, 1.165) is 24.1 Å². The Balaban J connectivity index is 2.95. The van der Waals surface area contributed by atoms with Crippen molar-refractivity contribution in [3.05, 3.63) is 33.8 Å². The van der Waals surface area contributed by atoms with Crippen LogP contribution in [0.15, 0.2) is 22.7 Å². The van der Waals surface area contributed by atoms with Crippen LogP contribution in [0.5, 0.6) is 0 Å². The van der Waals surface area contributed by atoms with Crippen LogP contribution in [0.1, 0.15) is 31.0 Å². The highest BCUT2D eigenvalue weighted by molar-refractivity contribution is 9.10. The number of likely N-dealkylation sites (N-methyl/N-ethyl adjacent to an activating group) is 1. The van der Waals surface area contributed by atoms with Crippen LogP contribution in [0.3, 0.4) is 0 Å². The predicted molar refractivity (Wildman–Crippen MR) is 95.6 cm³/mol. The van der Waals surface area contributed by atoms with Gasteiger partial charge in [0.2, 0.25) is 0 Å². The van der Waals surface area contributed by atoms with Crippen LogP contribution in [0.25, 0.3) is 0 Å². The van der Waals surface area contributed by atoms with Crippen molar-refractivity contribution in [1.82, 2.24) is 9.80 Å². The molecule has 0 aliphatic heterocycles. The number of halogens is 1. The first-order chi connectivity index (χ1) is 9.85. The Bertz CT molecular complexity index is 432. The predicted octanol–water partition coefficient (Wildman–Crippen LogP) is 3.28. The maximum Gasteiger partial charge on any atom is 0.0471 e. The van der Waals surface area contributed by atoms with Crippen molar-refractivity contribution >= 4 is 15.9 Å². The molecule has 0 fully saturated rings. The van der Waals surface area contributed by atoms with Gasteiger partial charge in [-0.25, -0.2) is 0 Å². The highest BCUT2D eigenvalue weighted by Crippen LogP contribution is 2.26. The maximum absolute atomic E-state index is 6.11. The minimum atomic E-state index is 0.282. The molecule has 3 nitrogen and oxygen atoms in total. The average molecular weight is 356 g/mol. The molecule has 0 spiro atoms. The monoisotopic (exact) mass is 355 g/mol. The van der Waals surface area contributed by atoms with Crippen LogP contribution < -0.4 is 5.73 Å². The van der Waals surface area contributed by atoms with Crippen molar-refractivity contribution in [3.8, 4) is 0 Å². The van der Waals surface area contributed by atoms with Gasteiger partial charge in [0.25, 0.3) is 0 Å². The van der Waals surface area contributed by atoms with E-state index in [-0.39, 0.29) is 6.04 Å². The number of aryl methyl sites for hydroxylation is 1. The van der Waals surface area contributed by atoms with Crippen LogP contribution in [-0.4, -0.2) is 50.1 Å². The number of benzene rings is 1. The molecule has 4 heteroatoms. The normalized spacial score (nSPS) is 13.4. The standard InChI is InChI=1S/C17H30BrN3/c1-13(2)12-21(9-8-20(4)5)17(11-19)15-7-6-14(3)16(18)10-15/h6-7,10,13,17H,8-9,11-12,19H2,1-5H3. The van der Waals surface area contributed by atoms with Crippen LogP contribution in [0.2, 0.25) is 0 Å². The number of hydrogen-bond acceptors (Lipinski definition) is 3. The van der Waals surface area contributed by atoms with Crippen molar-refractivity contribution < 1.29 is 0 Å². The fraction of sp³-hybridized carbons (Fsp3) is 0.647. The minimum Gasteiger partial charge on any atom is -0.329 e. The average Bonchev–Trinajstić information content (AvgIpc) is 2.40. The van der Waals surface area contributed by atoms with Crippen molar-refractivity contribution in [2.75, 3.05) is 40.3 Å². The van der Waals surface area contributed by atoms with Gasteiger partial charge in [-0.2, -0.15) is 0 Å². The Morgan fingerprint density at radius 1 is 1.19 bits per heavy atom. The SMILES string of the molecule is Cc1ccc(C(CN)N(CCN(C)C)CC(C)C)cc1Br. The summed E-state index contributed by atoms with van der Waals surface area (Å²) < 4.78 is 1.16. The van der Waals surface area contributed by atoms with Gasteiger partial charge < -0.3 is 10.6 Å². The number of rotatable bonds is 8. The van der Waals surface area contributed by atoms with E-state index in [1.165, 1.54) is 11.1 Å². The third-order valence-electron chi connectivity index (χ3n) is 3.68. The van der Waals surface area contributed by atoms with E-state index in [0.29, 0.717) is 12.5 Å². The Kier molecular flexibility index (Phi) is 7.88. The van der Waals surface area contributed by atoms with Gasteiger partial charge in [0.05, 0.1) is 0 Å². The van der Waals surface area contributed by atoms with E-state index < -0.39 is 0 Å². The van der Waals surface area contributed by atoms with Crippen molar-refractivity contribution in [2.45, 2.75) is 26.8 Å². The van der Waals surface area contributed by atoms with Crippen LogP contribution in [0.4, 0.5) is 0 Å². The van der Waals surface area contributed by atoms with Gasteiger partial charge in [-0.05, 0) is 44.1 Å². The molecule has 1 atom stereocenters. The zero-order valence-corrected chi connectivity index (χ0v) is 15.7. The molecule has 21 heavy (non-hydrogen) atoms. The van der Waals surface area contributed by atoms with Crippen molar-refractivity contribution in [1.29, 1.82) is 0 Å². The van der Waals surface area contributed by atoms with Gasteiger partial charge in [0.1, 0.15) is 0 Å². The van der Waals surface area contributed by atoms with Gasteiger partial charge in [-0.1, -0.05) is 41.9 Å². The lowest BCUT2D eigenvalue weighted by Crippen LogP contribution is -2.40. The minimum absolute atomic E-state index is 0.282. The molecule has 120 valence electrons. The lowest BCUT2D eigenvalue weighted by Gasteiger charge is -2.33. The first kappa shape index (κ1) is 18.6. The van der Waals surface area contributed by atoms with Crippen LogP contribution in [0, 0.1) is 12.8 Å². The summed E-state index contributed by atoms with van der Waals surface area (Å²) in [7, 11) is 4.24. The fourth-order valence-electron chi connectivity index (χ4n) is 2.48. The summed E-state index contributed by atoms with van der Waals surface area (Å²) in [4.78, 5) is 4.74. The van der Waals surface area contributed by atoms with Gasteiger partial charge in [0.15, 0.2) is 0 Å². The molecule has 1 unspecified atom stereocenters. The first-order valence-electron chi connectivity index (χ1n) is 7.70. The maximum atomic E-state index is 6.11. The molecule has 0 saturated heterocycles. The summed E-state index contributed by atoms with van der Waals surface area (Å²) >= 11 is 3.64. The Labute approximate surface area is 138 Å². The lowest BCUT2D eigenvalue weighted by atomic mass is 10.0. The van der Waals surface area contributed by atoms with Gasteiger partial charge >= 0.3 is 0 Å². The molecular formula is C17H30BrN3. The summed E-state index contributed by atoms with van der Waals surface area (Å²) in [5.74, 6) is 0.634. The van der Waals surface area contributed by atoms with E-state index >= 15 is 0 Å². The third-order valence-corrected chi connectivity index (χ3v) is 4.53. The zero-order valence-electron chi connectivity index (χ0n) is 14.1. The molecule has 1 aromatic carbocycles. The molecule has 0 aliphatic carbocycles. The number of hydrogen-bond donors (Lipinski definition) is 1. The smallest absolute Gasteiger partial charge is 0.0471 e. The Morgan fingerprint density at radius 3 is 2.33 bits per heavy atom. The van der Waals surface area contributed by atoms with Crippen LogP contribution >= 0.6 is 15.9 Å². The highest BCUT2D eigenvalue weighted by atomic mass is 79.9. The summed E-state index contributed by atoms with van der Waals surface area (Å²) in [6, 6.07) is 6.88. The molecular weight excluding hydrogens is 326 g/mol. The summed E-state index contributed by atoms with van der Waals surface area (Å²) in [5, 5.41) is 0. The van der Waals surface area contributed by atoms with E-state index in [1.807, 2.05) is 0 Å². The molecule has 1 rings (SSSR count). The summed E-state index contributed by atoms with van der Waals surface area (Å²) in [5.41, 5.74) is 8.67. The van der Waals surface area contributed by atoms with E-state index in [4.69, 9.17) is 5.73 Å². The quantitative estimate of drug-likeness (QED) is 0.776. The summed E-state index contributed by atoms with van der Waals surface area (Å²) in [6.07, 6.45) is 0. The molecule has 0 bridgehead atoms. The largest absolute Gasteiger partial charge is 0.329 e. The van der Waals surface area contributed by atoms with E-state index in [2.05, 4.69) is 78.8 Å². The Morgan fingerprint density at radius 2 is 1.86 bits per heavy atom. The molecule has 0 amide bonds. The second-order valence-electron chi connectivity index (χ2n) is 6.45. The molecule has 1 aromatic rings. The molecule has 0 heterocycles. The second-order valence-corrected chi connectivity index (χ2v) is 7.31. The number of nitrogens with zero attached hydrogens (tertiary/aromatic N) is 2. The summed E-state index contributed by atoms with van der Waals surface area (Å²) in [6.45, 7) is 10.5. The molecule has 0 aliphatic rings. The third kappa shape index (κ3) is 6.07. The van der Waals surface area contributed by atoms with E-state index in [9.17, 15) is 0 Å². The van der Waals surface area contributed by atoms with Gasteiger partial charge in [-0.15, -0.1) is 0 Å². The highest BCUT2D eigenvalue weighted by Gasteiger charge is 2.20. The number of nitrogens with two attached hydrogens (primary N) is 1. The zero-order chi connectivity index (χ0) is 16.0. The van der Waals surface area contributed by atoms with E-state index in [1.54, 1.807) is 0 Å². The van der Waals surface area contributed by atoms with Gasteiger partial charge in [-0.3, -0.25) is 4.90 Å². The van der Waals surface area contributed by atoms with Crippen LogP contribution in [-0.2, 0) is 0 Å². The molecule has 0 aromatic heterocycles. The van der Waals surface area contributed by atoms with Crippen molar-refractivity contribution in [2.24, 2.45) is 11.7 Å².